The predicted molar refractivity (Wildman–Crippen MR) is 64.9 cm³/mol. The van der Waals surface area contributed by atoms with Crippen molar-refractivity contribution < 1.29 is 14.3 Å². The van der Waals surface area contributed by atoms with Crippen LogP contribution in [-0.4, -0.2) is 25.5 Å². The molecule has 0 saturated carbocycles. The lowest BCUT2D eigenvalue weighted by molar-refractivity contribution is 0.0983. The summed E-state index contributed by atoms with van der Waals surface area (Å²) >= 11 is 0. The first-order valence-electron chi connectivity index (χ1n) is 5.78. The summed E-state index contributed by atoms with van der Waals surface area (Å²) in [7, 11) is 0. The largest absolute Gasteiger partial charge is 0.486 e. The lowest BCUT2D eigenvalue weighted by atomic mass is 9.97. The first-order chi connectivity index (χ1) is 8.15. The number of hydrogen-bond donors (Lipinski definition) is 1. The maximum absolute atomic E-state index is 11.9. The summed E-state index contributed by atoms with van der Waals surface area (Å²) in [6.07, 6.45) is 0.361. The molecule has 4 heteroatoms. The molecule has 2 N–H and O–H groups in total. The van der Waals surface area contributed by atoms with E-state index < -0.39 is 0 Å². The van der Waals surface area contributed by atoms with Crippen LogP contribution in [0.1, 0.15) is 27.9 Å². The van der Waals surface area contributed by atoms with E-state index in [1.165, 1.54) is 0 Å². The molecule has 0 aliphatic carbocycles. The van der Waals surface area contributed by atoms with E-state index in [1.54, 1.807) is 6.07 Å². The van der Waals surface area contributed by atoms with Crippen molar-refractivity contribution >= 4 is 5.78 Å². The summed E-state index contributed by atoms with van der Waals surface area (Å²) in [4.78, 5) is 11.9. The minimum absolute atomic E-state index is 0.0603. The van der Waals surface area contributed by atoms with Gasteiger partial charge in [-0.1, -0.05) is 0 Å². The molecule has 4 nitrogen and oxygen atoms in total. The van der Waals surface area contributed by atoms with Crippen molar-refractivity contribution in [2.24, 2.45) is 5.73 Å². The van der Waals surface area contributed by atoms with Crippen LogP contribution in [0.15, 0.2) is 6.07 Å². The highest BCUT2D eigenvalue weighted by Crippen LogP contribution is 2.37. The number of carbonyl (C=O) groups excluding carboxylic acids is 1. The third-order valence-corrected chi connectivity index (χ3v) is 3.07. The van der Waals surface area contributed by atoms with E-state index in [4.69, 9.17) is 15.2 Å². The molecule has 0 spiro atoms. The van der Waals surface area contributed by atoms with E-state index in [0.717, 1.165) is 16.9 Å². The van der Waals surface area contributed by atoms with Crippen LogP contribution < -0.4 is 15.2 Å². The molecule has 0 bridgehead atoms. The number of hydrogen-bond acceptors (Lipinski definition) is 4. The van der Waals surface area contributed by atoms with Crippen LogP contribution in [0, 0.1) is 13.8 Å². The molecule has 2 rings (SSSR count). The first-order valence-corrected chi connectivity index (χ1v) is 5.78. The fraction of sp³-hybridized carbons (Fsp3) is 0.462. The van der Waals surface area contributed by atoms with Crippen molar-refractivity contribution in [2.45, 2.75) is 20.3 Å². The van der Waals surface area contributed by atoms with E-state index in [9.17, 15) is 4.79 Å². The van der Waals surface area contributed by atoms with Gasteiger partial charge in [0.25, 0.3) is 0 Å². The number of ether oxygens (including phenoxy) is 2. The van der Waals surface area contributed by atoms with Gasteiger partial charge in [0.15, 0.2) is 17.3 Å². The minimum atomic E-state index is 0.0603. The molecule has 1 aliphatic rings. The third kappa shape index (κ3) is 2.13. The average Bonchev–Trinajstić information content (AvgIpc) is 2.34. The van der Waals surface area contributed by atoms with Crippen molar-refractivity contribution in [3.05, 3.63) is 22.8 Å². The molecular formula is C13H17NO3. The highest BCUT2D eigenvalue weighted by Gasteiger charge is 2.20. The molecule has 17 heavy (non-hydrogen) atoms. The fourth-order valence-corrected chi connectivity index (χ4v) is 2.00. The van der Waals surface area contributed by atoms with Gasteiger partial charge < -0.3 is 15.2 Å². The van der Waals surface area contributed by atoms with Crippen molar-refractivity contribution in [1.82, 2.24) is 0 Å². The highest BCUT2D eigenvalue weighted by molar-refractivity contribution is 5.98. The quantitative estimate of drug-likeness (QED) is 0.808. The monoisotopic (exact) mass is 235 g/mol. The van der Waals surface area contributed by atoms with Crippen LogP contribution >= 0.6 is 0 Å². The second-order valence-electron chi connectivity index (χ2n) is 4.16. The average molecular weight is 235 g/mol. The standard InChI is InChI=1S/C13H17NO3/c1-8-9(2)13-12(16-5-6-17-13)7-10(8)11(15)3-4-14/h7H,3-6,14H2,1-2H3. The van der Waals surface area contributed by atoms with Gasteiger partial charge in [0.05, 0.1) is 0 Å². The third-order valence-electron chi connectivity index (χ3n) is 3.07. The second kappa shape index (κ2) is 4.75. The Morgan fingerprint density at radius 2 is 2.00 bits per heavy atom. The molecule has 0 aromatic heterocycles. The summed E-state index contributed by atoms with van der Waals surface area (Å²) in [6, 6.07) is 1.77. The van der Waals surface area contributed by atoms with Gasteiger partial charge in [0.2, 0.25) is 0 Å². The van der Waals surface area contributed by atoms with Gasteiger partial charge in [0.1, 0.15) is 13.2 Å². The Kier molecular flexibility index (Phi) is 3.33. The van der Waals surface area contributed by atoms with Crippen molar-refractivity contribution in [3.63, 3.8) is 0 Å². The number of Topliss-reactive ketones (excluding diaryl/α,β-unsaturated/α-hetero) is 1. The molecule has 1 aliphatic heterocycles. The number of benzene rings is 1. The summed E-state index contributed by atoms with van der Waals surface area (Å²) in [6.45, 7) is 5.33. The summed E-state index contributed by atoms with van der Waals surface area (Å²) in [5, 5.41) is 0. The summed E-state index contributed by atoms with van der Waals surface area (Å²) in [5.41, 5.74) is 8.03. The van der Waals surface area contributed by atoms with Gasteiger partial charge in [-0.25, -0.2) is 0 Å². The zero-order chi connectivity index (χ0) is 12.4. The molecule has 1 aromatic rings. The minimum Gasteiger partial charge on any atom is -0.486 e. The number of nitrogens with two attached hydrogens (primary N) is 1. The van der Waals surface area contributed by atoms with Gasteiger partial charge in [-0.2, -0.15) is 0 Å². The number of rotatable bonds is 3. The molecule has 0 unspecified atom stereocenters. The first kappa shape index (κ1) is 11.9. The Balaban J connectivity index is 2.47. The van der Waals surface area contributed by atoms with Crippen LogP contribution in [0.25, 0.3) is 0 Å². The van der Waals surface area contributed by atoms with Gasteiger partial charge >= 0.3 is 0 Å². The highest BCUT2D eigenvalue weighted by atomic mass is 16.6. The molecule has 0 amide bonds. The normalized spacial score (nSPS) is 13.6. The Labute approximate surface area is 101 Å². The lowest BCUT2D eigenvalue weighted by Gasteiger charge is -2.22. The van der Waals surface area contributed by atoms with Gasteiger partial charge in [-0.3, -0.25) is 4.79 Å². The maximum Gasteiger partial charge on any atom is 0.164 e. The van der Waals surface area contributed by atoms with Gasteiger partial charge in [0, 0.05) is 12.0 Å². The molecular weight excluding hydrogens is 218 g/mol. The van der Waals surface area contributed by atoms with Crippen LogP contribution in [0.3, 0.4) is 0 Å². The molecule has 0 fully saturated rings. The summed E-state index contributed by atoms with van der Waals surface area (Å²) < 4.78 is 11.1. The Bertz CT molecular complexity index is 454. The Morgan fingerprint density at radius 1 is 1.29 bits per heavy atom. The lowest BCUT2D eigenvalue weighted by Crippen LogP contribution is -2.18. The van der Waals surface area contributed by atoms with Crippen molar-refractivity contribution in [3.8, 4) is 11.5 Å². The molecule has 1 heterocycles. The van der Waals surface area contributed by atoms with E-state index in [0.29, 0.717) is 37.5 Å². The van der Waals surface area contributed by atoms with Crippen LogP contribution in [0.5, 0.6) is 11.5 Å². The van der Waals surface area contributed by atoms with Crippen LogP contribution in [0.4, 0.5) is 0 Å². The van der Waals surface area contributed by atoms with E-state index in [-0.39, 0.29) is 5.78 Å². The molecule has 92 valence electrons. The second-order valence-corrected chi connectivity index (χ2v) is 4.16. The van der Waals surface area contributed by atoms with Gasteiger partial charge in [-0.05, 0) is 37.6 Å². The van der Waals surface area contributed by atoms with E-state index in [1.807, 2.05) is 13.8 Å². The zero-order valence-electron chi connectivity index (χ0n) is 10.2. The van der Waals surface area contributed by atoms with E-state index >= 15 is 0 Å². The van der Waals surface area contributed by atoms with Crippen LogP contribution in [0.2, 0.25) is 0 Å². The molecule has 0 atom stereocenters. The van der Waals surface area contributed by atoms with Crippen molar-refractivity contribution in [1.29, 1.82) is 0 Å². The van der Waals surface area contributed by atoms with Crippen molar-refractivity contribution in [2.75, 3.05) is 19.8 Å². The predicted octanol–water partition coefficient (Wildman–Crippen LogP) is 1.61. The number of fused-ring (bicyclic) bond motifs is 1. The summed E-state index contributed by atoms with van der Waals surface area (Å²) in [5.74, 6) is 1.49. The topological polar surface area (TPSA) is 61.6 Å². The Hall–Kier alpha value is -1.55. The smallest absolute Gasteiger partial charge is 0.164 e. The molecule has 1 aromatic carbocycles. The SMILES string of the molecule is Cc1c(C(=O)CCN)cc2c(c1C)OCCO2. The molecule has 0 saturated heterocycles. The zero-order valence-corrected chi connectivity index (χ0v) is 10.2. The molecule has 0 radical (unpaired) electrons. The number of ketones is 1. The number of carbonyl (C=O) groups is 1. The van der Waals surface area contributed by atoms with Gasteiger partial charge in [-0.15, -0.1) is 0 Å². The Morgan fingerprint density at radius 3 is 2.71 bits per heavy atom. The van der Waals surface area contributed by atoms with Crippen LogP contribution in [-0.2, 0) is 0 Å². The fourth-order valence-electron chi connectivity index (χ4n) is 2.00. The van der Waals surface area contributed by atoms with E-state index in [2.05, 4.69) is 0 Å². The maximum atomic E-state index is 11.9.